The summed E-state index contributed by atoms with van der Waals surface area (Å²) < 4.78 is 12.7. The molecule has 1 aromatic rings. The van der Waals surface area contributed by atoms with Gasteiger partial charge in [-0.3, -0.25) is 0 Å². The summed E-state index contributed by atoms with van der Waals surface area (Å²) in [7, 11) is 2.12. The number of rotatable bonds is 3. The Morgan fingerprint density at radius 3 is 2.58 bits per heavy atom. The van der Waals surface area contributed by atoms with E-state index in [2.05, 4.69) is 22.6 Å². The number of carbonyl (C=O) groups is 1. The Labute approximate surface area is 113 Å². The summed E-state index contributed by atoms with van der Waals surface area (Å²) in [5.74, 6) is 0.243. The van der Waals surface area contributed by atoms with Crippen LogP contribution in [0.4, 0.5) is 14.9 Å². The maximum atomic E-state index is 12.7. The van der Waals surface area contributed by atoms with Crippen LogP contribution in [0.15, 0.2) is 24.3 Å². The molecule has 2 rings (SSSR count). The van der Waals surface area contributed by atoms with Crippen LogP contribution >= 0.6 is 0 Å². The average Bonchev–Trinajstić information content (AvgIpc) is 2.41. The van der Waals surface area contributed by atoms with Crippen LogP contribution in [0.1, 0.15) is 12.8 Å². The van der Waals surface area contributed by atoms with Gasteiger partial charge in [0.05, 0.1) is 0 Å². The van der Waals surface area contributed by atoms with Gasteiger partial charge in [-0.1, -0.05) is 0 Å². The molecule has 1 aliphatic heterocycles. The zero-order valence-electron chi connectivity index (χ0n) is 11.2. The number of carbonyl (C=O) groups excluding carboxylic acids is 1. The first-order valence-corrected chi connectivity index (χ1v) is 6.62. The first-order chi connectivity index (χ1) is 9.13. The van der Waals surface area contributed by atoms with Crippen LogP contribution in [-0.4, -0.2) is 37.6 Å². The molecule has 4 nitrogen and oxygen atoms in total. The lowest BCUT2D eigenvalue weighted by Gasteiger charge is -2.28. The van der Waals surface area contributed by atoms with Gasteiger partial charge in [0.25, 0.3) is 0 Å². The number of piperidine rings is 1. The number of likely N-dealkylation sites (tertiary alicyclic amines) is 1. The number of hydrogen-bond acceptors (Lipinski definition) is 2. The van der Waals surface area contributed by atoms with Crippen molar-refractivity contribution in [2.75, 3.05) is 32.0 Å². The highest BCUT2D eigenvalue weighted by molar-refractivity contribution is 5.89. The van der Waals surface area contributed by atoms with E-state index in [-0.39, 0.29) is 11.8 Å². The lowest BCUT2D eigenvalue weighted by molar-refractivity contribution is 0.213. The monoisotopic (exact) mass is 265 g/mol. The summed E-state index contributed by atoms with van der Waals surface area (Å²) in [5.41, 5.74) is 0.599. The number of benzene rings is 1. The van der Waals surface area contributed by atoms with E-state index < -0.39 is 0 Å². The first-order valence-electron chi connectivity index (χ1n) is 6.62. The van der Waals surface area contributed by atoms with Crippen LogP contribution in [0.25, 0.3) is 0 Å². The van der Waals surface area contributed by atoms with Gasteiger partial charge in [0.2, 0.25) is 0 Å². The second-order valence-electron chi connectivity index (χ2n) is 5.09. The third kappa shape index (κ3) is 4.52. The molecule has 0 atom stereocenters. The van der Waals surface area contributed by atoms with Crippen molar-refractivity contribution in [1.82, 2.24) is 10.2 Å². The highest BCUT2D eigenvalue weighted by Gasteiger charge is 2.17. The van der Waals surface area contributed by atoms with Crippen molar-refractivity contribution in [2.24, 2.45) is 5.92 Å². The van der Waals surface area contributed by atoms with E-state index in [1.54, 1.807) is 12.1 Å². The molecule has 2 N–H and O–H groups in total. The molecule has 1 aliphatic rings. The SMILES string of the molecule is CN1CCC(CNC(=O)Nc2ccc(F)cc2)CC1. The molecule has 1 heterocycles. The molecular formula is C14H20FN3O. The van der Waals surface area contributed by atoms with Crippen LogP contribution in [0.2, 0.25) is 0 Å². The molecule has 0 unspecified atom stereocenters. The molecule has 0 saturated carbocycles. The molecule has 19 heavy (non-hydrogen) atoms. The molecule has 5 heteroatoms. The Balaban J connectivity index is 1.71. The number of nitrogens with zero attached hydrogens (tertiary/aromatic N) is 1. The van der Waals surface area contributed by atoms with Gasteiger partial charge in [0.15, 0.2) is 0 Å². The zero-order chi connectivity index (χ0) is 13.7. The smallest absolute Gasteiger partial charge is 0.319 e. The summed E-state index contributed by atoms with van der Waals surface area (Å²) in [5, 5.41) is 5.56. The minimum Gasteiger partial charge on any atom is -0.338 e. The van der Waals surface area contributed by atoms with E-state index in [1.165, 1.54) is 12.1 Å². The molecule has 0 radical (unpaired) electrons. The molecule has 0 aromatic heterocycles. The van der Waals surface area contributed by atoms with E-state index in [9.17, 15) is 9.18 Å². The fraction of sp³-hybridized carbons (Fsp3) is 0.500. The first kappa shape index (κ1) is 13.8. The van der Waals surface area contributed by atoms with Gasteiger partial charge in [0, 0.05) is 12.2 Å². The second-order valence-corrected chi connectivity index (χ2v) is 5.09. The third-order valence-corrected chi connectivity index (χ3v) is 3.49. The van der Waals surface area contributed by atoms with Crippen LogP contribution < -0.4 is 10.6 Å². The molecule has 1 saturated heterocycles. The molecule has 2 amide bonds. The summed E-state index contributed by atoms with van der Waals surface area (Å²) in [6.07, 6.45) is 2.24. The third-order valence-electron chi connectivity index (χ3n) is 3.49. The minimum absolute atomic E-state index is 0.231. The largest absolute Gasteiger partial charge is 0.338 e. The molecular weight excluding hydrogens is 245 g/mol. The van der Waals surface area contributed by atoms with Gasteiger partial charge >= 0.3 is 6.03 Å². The predicted octanol–water partition coefficient (Wildman–Crippen LogP) is 2.29. The number of nitrogens with one attached hydrogen (secondary N) is 2. The lowest BCUT2D eigenvalue weighted by atomic mass is 9.97. The normalized spacial score (nSPS) is 17.2. The Hall–Kier alpha value is -1.62. The van der Waals surface area contributed by atoms with Gasteiger partial charge in [-0.05, 0) is 63.2 Å². The van der Waals surface area contributed by atoms with Crippen LogP contribution in [-0.2, 0) is 0 Å². The van der Waals surface area contributed by atoms with Gasteiger partial charge < -0.3 is 15.5 Å². The summed E-state index contributed by atoms with van der Waals surface area (Å²) in [6.45, 7) is 2.87. The van der Waals surface area contributed by atoms with Gasteiger partial charge in [-0.2, -0.15) is 0 Å². The number of urea groups is 1. The average molecular weight is 265 g/mol. The highest BCUT2D eigenvalue weighted by Crippen LogP contribution is 2.14. The molecule has 104 valence electrons. The van der Waals surface area contributed by atoms with E-state index in [0.717, 1.165) is 25.9 Å². The van der Waals surface area contributed by atoms with Crippen molar-refractivity contribution in [2.45, 2.75) is 12.8 Å². The Bertz CT molecular complexity index is 413. The van der Waals surface area contributed by atoms with Gasteiger partial charge in [-0.15, -0.1) is 0 Å². The predicted molar refractivity (Wildman–Crippen MR) is 73.6 cm³/mol. The zero-order valence-corrected chi connectivity index (χ0v) is 11.2. The van der Waals surface area contributed by atoms with E-state index >= 15 is 0 Å². The second kappa shape index (κ2) is 6.52. The Kier molecular flexibility index (Phi) is 4.74. The molecule has 0 bridgehead atoms. The highest BCUT2D eigenvalue weighted by atomic mass is 19.1. The number of halogens is 1. The standard InChI is InChI=1S/C14H20FN3O/c1-18-8-6-11(7-9-18)10-16-14(19)17-13-4-2-12(15)3-5-13/h2-5,11H,6-10H2,1H3,(H2,16,17,19). The quantitative estimate of drug-likeness (QED) is 0.880. The number of hydrogen-bond donors (Lipinski definition) is 2. The van der Waals surface area contributed by atoms with Gasteiger partial charge in [-0.25, -0.2) is 9.18 Å². The van der Waals surface area contributed by atoms with Crippen molar-refractivity contribution in [3.05, 3.63) is 30.1 Å². The van der Waals surface area contributed by atoms with Crippen molar-refractivity contribution >= 4 is 11.7 Å². The van der Waals surface area contributed by atoms with Crippen LogP contribution in [0.3, 0.4) is 0 Å². The fourth-order valence-corrected chi connectivity index (χ4v) is 2.21. The van der Waals surface area contributed by atoms with Crippen molar-refractivity contribution in [3.8, 4) is 0 Å². The number of anilines is 1. The maximum Gasteiger partial charge on any atom is 0.319 e. The Morgan fingerprint density at radius 2 is 1.95 bits per heavy atom. The maximum absolute atomic E-state index is 12.7. The van der Waals surface area contributed by atoms with Crippen molar-refractivity contribution in [1.29, 1.82) is 0 Å². The topological polar surface area (TPSA) is 44.4 Å². The number of amides is 2. The summed E-state index contributed by atoms with van der Waals surface area (Å²) >= 11 is 0. The fourth-order valence-electron chi connectivity index (χ4n) is 2.21. The van der Waals surface area contributed by atoms with E-state index in [1.807, 2.05) is 0 Å². The van der Waals surface area contributed by atoms with E-state index in [0.29, 0.717) is 18.2 Å². The Morgan fingerprint density at radius 1 is 1.32 bits per heavy atom. The van der Waals surface area contributed by atoms with Crippen LogP contribution in [0.5, 0.6) is 0 Å². The van der Waals surface area contributed by atoms with Crippen LogP contribution in [0, 0.1) is 11.7 Å². The minimum atomic E-state index is -0.308. The summed E-state index contributed by atoms with van der Waals surface area (Å²) in [4.78, 5) is 14.0. The molecule has 1 fully saturated rings. The van der Waals surface area contributed by atoms with Crippen molar-refractivity contribution < 1.29 is 9.18 Å². The molecule has 0 aliphatic carbocycles. The lowest BCUT2D eigenvalue weighted by Crippen LogP contribution is -2.38. The van der Waals surface area contributed by atoms with Gasteiger partial charge in [0.1, 0.15) is 5.82 Å². The molecule has 1 aromatic carbocycles. The van der Waals surface area contributed by atoms with Crippen molar-refractivity contribution in [3.63, 3.8) is 0 Å². The molecule has 0 spiro atoms. The van der Waals surface area contributed by atoms with E-state index in [4.69, 9.17) is 0 Å². The summed E-state index contributed by atoms with van der Waals surface area (Å²) in [6, 6.07) is 5.51.